The number of aliphatic hydroxyl groups excluding tert-OH is 1. The molecule has 4 rings (SSSR count). The van der Waals surface area contributed by atoms with Crippen LogP contribution in [0.4, 0.5) is 11.9 Å². The summed E-state index contributed by atoms with van der Waals surface area (Å²) < 4.78 is 5.94. The molecule has 1 aromatic heterocycles. The molecule has 4 N–H and O–H groups in total. The number of H-pyrrole nitrogens is 1. The Morgan fingerprint density at radius 3 is 2.79 bits per heavy atom. The van der Waals surface area contributed by atoms with Gasteiger partial charge in [0.15, 0.2) is 0 Å². The molecule has 2 aliphatic rings. The second kappa shape index (κ2) is 8.24. The predicted octanol–water partition coefficient (Wildman–Crippen LogP) is 1.31. The highest BCUT2D eigenvalue weighted by Gasteiger charge is 2.39. The number of hydrogen-bond acceptors (Lipinski definition) is 7. The highest BCUT2D eigenvalue weighted by molar-refractivity contribution is 6.30. The molecule has 2 fully saturated rings. The molecular weight excluding hydrogens is 380 g/mol. The molecule has 0 spiro atoms. The van der Waals surface area contributed by atoms with Crippen LogP contribution in [0, 0.1) is 0 Å². The molecule has 4 atom stereocenters. The summed E-state index contributed by atoms with van der Waals surface area (Å²) in [7, 11) is 0. The van der Waals surface area contributed by atoms with E-state index in [1.54, 1.807) is 0 Å². The van der Waals surface area contributed by atoms with Gasteiger partial charge in [0, 0.05) is 36.7 Å². The Labute approximate surface area is 169 Å². The minimum atomic E-state index is -0.494. The number of morpholine rings is 1. The monoisotopic (exact) mass is 406 g/mol. The molecule has 0 saturated carbocycles. The van der Waals surface area contributed by atoms with Crippen LogP contribution in [0.1, 0.15) is 18.9 Å². The van der Waals surface area contributed by atoms with Crippen molar-refractivity contribution in [1.82, 2.24) is 20.1 Å². The maximum Gasteiger partial charge on any atom is 0.246 e. The number of piperidine rings is 1. The zero-order valence-electron chi connectivity index (χ0n) is 16.0. The van der Waals surface area contributed by atoms with Crippen LogP contribution < -0.4 is 10.6 Å². The van der Waals surface area contributed by atoms with Gasteiger partial charge in [-0.15, -0.1) is 5.10 Å². The van der Waals surface area contributed by atoms with Crippen LogP contribution in [0.25, 0.3) is 0 Å². The summed E-state index contributed by atoms with van der Waals surface area (Å²) in [6.07, 6.45) is 1.36. The number of hydrogen-bond donors (Lipinski definition) is 3. The van der Waals surface area contributed by atoms with E-state index in [4.69, 9.17) is 22.1 Å². The minimum absolute atomic E-state index is 0.0798. The lowest BCUT2D eigenvalue weighted by Crippen LogP contribution is -2.61. The second-order valence-corrected chi connectivity index (χ2v) is 8.15. The third kappa shape index (κ3) is 4.25. The van der Waals surface area contributed by atoms with Gasteiger partial charge in [-0.25, -0.2) is 5.10 Å². The van der Waals surface area contributed by atoms with Crippen LogP contribution in [-0.4, -0.2) is 75.7 Å². The van der Waals surface area contributed by atoms with Crippen LogP contribution in [0.15, 0.2) is 24.3 Å². The van der Waals surface area contributed by atoms with Crippen molar-refractivity contribution in [3.05, 3.63) is 34.9 Å². The second-order valence-electron chi connectivity index (χ2n) is 7.72. The van der Waals surface area contributed by atoms with Crippen molar-refractivity contribution in [2.45, 2.75) is 44.1 Å². The maximum atomic E-state index is 10.9. The lowest BCUT2D eigenvalue weighted by molar-refractivity contribution is -0.0950. The molecule has 9 heteroatoms. The summed E-state index contributed by atoms with van der Waals surface area (Å²) in [6.45, 7) is 4.82. The summed E-state index contributed by atoms with van der Waals surface area (Å²) in [5.41, 5.74) is 6.85. The predicted molar refractivity (Wildman–Crippen MR) is 108 cm³/mol. The van der Waals surface area contributed by atoms with Gasteiger partial charge < -0.3 is 20.5 Å². The molecule has 2 saturated heterocycles. The van der Waals surface area contributed by atoms with E-state index >= 15 is 0 Å². The Morgan fingerprint density at radius 2 is 2.11 bits per heavy atom. The number of aromatic nitrogens is 3. The summed E-state index contributed by atoms with van der Waals surface area (Å²) in [6, 6.07) is 8.27. The fourth-order valence-electron chi connectivity index (χ4n) is 4.24. The number of nitrogens with two attached hydrogens (primary N) is 1. The van der Waals surface area contributed by atoms with Crippen LogP contribution in [-0.2, 0) is 11.2 Å². The van der Waals surface area contributed by atoms with Gasteiger partial charge in [0.05, 0.1) is 18.8 Å². The summed E-state index contributed by atoms with van der Waals surface area (Å²) in [5.74, 6) is 0.833. The van der Waals surface area contributed by atoms with Gasteiger partial charge in [0.25, 0.3) is 0 Å². The molecule has 28 heavy (non-hydrogen) atoms. The first-order valence-electron chi connectivity index (χ1n) is 9.72. The van der Waals surface area contributed by atoms with Gasteiger partial charge in [0.1, 0.15) is 0 Å². The number of aliphatic hydroxyl groups is 1. The van der Waals surface area contributed by atoms with Crippen molar-refractivity contribution < 1.29 is 9.84 Å². The van der Waals surface area contributed by atoms with Crippen molar-refractivity contribution in [1.29, 1.82) is 0 Å². The number of nitrogens with zero attached hydrogens (tertiary/aromatic N) is 4. The maximum absolute atomic E-state index is 10.9. The third-order valence-electron chi connectivity index (χ3n) is 5.64. The third-order valence-corrected chi connectivity index (χ3v) is 5.89. The number of nitrogen functional groups attached to an aromatic ring is 1. The zero-order valence-corrected chi connectivity index (χ0v) is 16.7. The first-order chi connectivity index (χ1) is 13.5. The van der Waals surface area contributed by atoms with Gasteiger partial charge in [-0.05, 0) is 37.5 Å². The molecule has 0 aliphatic carbocycles. The molecule has 2 unspecified atom stereocenters. The fraction of sp³-hybridized carbons (Fsp3) is 0.579. The van der Waals surface area contributed by atoms with Gasteiger partial charge in [-0.2, -0.15) is 4.98 Å². The van der Waals surface area contributed by atoms with Gasteiger partial charge in [0.2, 0.25) is 11.9 Å². The standard InChI is InChI=1S/C19H27ClN6O2/c1-12-9-26(15(11-28-12)8-13-2-4-14(20)5-3-13)16-6-7-25(10-17(16)27)19-22-18(21)23-24-19/h2-5,12,15-17,27H,6-11H2,1H3,(H3,21,22,23,24)/t12-,15?,16?,17+/m0/s1. The normalized spacial score (nSPS) is 29.2. The van der Waals surface area contributed by atoms with E-state index < -0.39 is 6.10 Å². The van der Waals surface area contributed by atoms with Gasteiger partial charge in [-0.1, -0.05) is 23.7 Å². The molecule has 2 aliphatic heterocycles. The molecule has 8 nitrogen and oxygen atoms in total. The number of benzene rings is 1. The summed E-state index contributed by atoms with van der Waals surface area (Å²) in [5, 5.41) is 18.4. The quantitative estimate of drug-likeness (QED) is 0.703. The number of ether oxygens (including phenoxy) is 1. The lowest BCUT2D eigenvalue weighted by atomic mass is 9.94. The van der Waals surface area contributed by atoms with Crippen molar-refractivity contribution in [2.24, 2.45) is 0 Å². The molecular formula is C19H27ClN6O2. The van der Waals surface area contributed by atoms with E-state index in [1.807, 2.05) is 17.0 Å². The van der Waals surface area contributed by atoms with Crippen LogP contribution in [0.5, 0.6) is 0 Å². The Balaban J connectivity index is 1.46. The number of rotatable bonds is 4. The fourth-order valence-corrected chi connectivity index (χ4v) is 4.36. The Hall–Kier alpha value is -1.87. The number of nitrogens with one attached hydrogen (secondary N) is 1. The average Bonchev–Trinajstić information content (AvgIpc) is 3.11. The van der Waals surface area contributed by atoms with E-state index in [-0.39, 0.29) is 24.1 Å². The highest BCUT2D eigenvalue weighted by atomic mass is 35.5. The van der Waals surface area contributed by atoms with Gasteiger partial charge >= 0.3 is 0 Å². The zero-order chi connectivity index (χ0) is 19.7. The van der Waals surface area contributed by atoms with Crippen LogP contribution in [0.3, 0.4) is 0 Å². The Morgan fingerprint density at radius 1 is 1.32 bits per heavy atom. The van der Waals surface area contributed by atoms with Crippen LogP contribution >= 0.6 is 11.6 Å². The lowest BCUT2D eigenvalue weighted by Gasteiger charge is -2.48. The van der Waals surface area contributed by atoms with E-state index in [0.29, 0.717) is 19.1 Å². The molecule has 3 heterocycles. The van der Waals surface area contributed by atoms with Crippen molar-refractivity contribution in [3.8, 4) is 0 Å². The minimum Gasteiger partial charge on any atom is -0.390 e. The smallest absolute Gasteiger partial charge is 0.246 e. The number of β-amino-alcohol motifs (C(OH)–C–C–N with tert-alkyl or cyclic N) is 1. The SMILES string of the molecule is C[C@H]1CN(C2CCN(c3n[nH]c(N)n3)C[C@H]2O)C(Cc2ccc(Cl)cc2)CO1. The van der Waals surface area contributed by atoms with Crippen molar-refractivity contribution in [2.75, 3.05) is 36.9 Å². The number of aromatic amines is 1. The van der Waals surface area contributed by atoms with E-state index in [2.05, 4.69) is 39.1 Å². The molecule has 0 radical (unpaired) electrons. The largest absolute Gasteiger partial charge is 0.390 e. The van der Waals surface area contributed by atoms with E-state index in [1.165, 1.54) is 5.56 Å². The number of halogens is 1. The molecule has 0 amide bonds. The van der Waals surface area contributed by atoms with Crippen molar-refractivity contribution >= 4 is 23.5 Å². The van der Waals surface area contributed by atoms with E-state index in [0.717, 1.165) is 31.0 Å². The van der Waals surface area contributed by atoms with Crippen molar-refractivity contribution in [3.63, 3.8) is 0 Å². The summed E-state index contributed by atoms with van der Waals surface area (Å²) in [4.78, 5) is 8.58. The number of anilines is 2. The molecule has 0 bridgehead atoms. The average molecular weight is 407 g/mol. The topological polar surface area (TPSA) is 104 Å². The molecule has 2 aromatic rings. The summed E-state index contributed by atoms with van der Waals surface area (Å²) >= 11 is 6.02. The Kier molecular flexibility index (Phi) is 5.73. The molecule has 1 aromatic carbocycles. The highest BCUT2D eigenvalue weighted by Crippen LogP contribution is 2.27. The first-order valence-corrected chi connectivity index (χ1v) is 10.1. The molecule has 152 valence electrons. The van der Waals surface area contributed by atoms with E-state index in [9.17, 15) is 5.11 Å². The Bertz CT molecular complexity index is 785. The first kappa shape index (κ1) is 19.4. The van der Waals surface area contributed by atoms with Gasteiger partial charge in [-0.3, -0.25) is 4.90 Å². The van der Waals surface area contributed by atoms with Crippen LogP contribution in [0.2, 0.25) is 5.02 Å².